The second-order valence-corrected chi connectivity index (χ2v) is 5.51. The van der Waals surface area contributed by atoms with E-state index in [-0.39, 0.29) is 0 Å². The molecule has 3 rings (SSSR count). The predicted molar refractivity (Wildman–Crippen MR) is 69.3 cm³/mol. The maximum Gasteiger partial charge on any atom is 0.119 e. The normalized spacial score (nSPS) is 29.0. The Labute approximate surface area is 103 Å². The van der Waals surface area contributed by atoms with Gasteiger partial charge >= 0.3 is 0 Å². The molecular weight excluding hydrogens is 210 g/mol. The summed E-state index contributed by atoms with van der Waals surface area (Å²) in [6.45, 7) is 0. The fourth-order valence-corrected chi connectivity index (χ4v) is 2.73. The van der Waals surface area contributed by atoms with Crippen LogP contribution in [0.5, 0.6) is 5.75 Å². The first kappa shape index (κ1) is 11.1. The lowest BCUT2D eigenvalue weighted by molar-refractivity contribution is 0.303. The Hall–Kier alpha value is -1.02. The Kier molecular flexibility index (Phi) is 3.06. The summed E-state index contributed by atoms with van der Waals surface area (Å²) in [6.07, 6.45) is 7.83. The molecule has 17 heavy (non-hydrogen) atoms. The van der Waals surface area contributed by atoms with Gasteiger partial charge in [0.2, 0.25) is 0 Å². The van der Waals surface area contributed by atoms with Crippen LogP contribution in [0.1, 0.15) is 50.0 Å². The average Bonchev–Trinajstić information content (AvgIpc) is 3.14. The van der Waals surface area contributed by atoms with Gasteiger partial charge in [-0.15, -0.1) is 0 Å². The van der Waals surface area contributed by atoms with Crippen molar-refractivity contribution >= 4 is 0 Å². The summed E-state index contributed by atoms with van der Waals surface area (Å²) < 4.78 is 5.76. The van der Waals surface area contributed by atoms with Crippen LogP contribution in [0.3, 0.4) is 0 Å². The largest absolute Gasteiger partial charge is 0.490 e. The van der Waals surface area contributed by atoms with Crippen molar-refractivity contribution in [2.45, 2.75) is 56.6 Å². The van der Waals surface area contributed by atoms with Crippen molar-refractivity contribution in [1.29, 1.82) is 0 Å². The molecule has 2 heteroatoms. The van der Waals surface area contributed by atoms with Crippen LogP contribution in [0.4, 0.5) is 0 Å². The van der Waals surface area contributed by atoms with E-state index in [2.05, 4.69) is 24.3 Å². The van der Waals surface area contributed by atoms with Crippen LogP contribution in [0.2, 0.25) is 0 Å². The van der Waals surface area contributed by atoms with E-state index in [9.17, 15) is 0 Å². The minimum absolute atomic E-state index is 0.399. The smallest absolute Gasteiger partial charge is 0.119 e. The number of rotatable bonds is 3. The zero-order chi connectivity index (χ0) is 11.7. The SMILES string of the molecule is NC1CCCC(c2ccc(OC3CC3)cc2)C1. The van der Waals surface area contributed by atoms with Gasteiger partial charge in [-0.3, -0.25) is 0 Å². The summed E-state index contributed by atoms with van der Waals surface area (Å²) in [5, 5.41) is 0. The van der Waals surface area contributed by atoms with Gasteiger partial charge in [-0.05, 0) is 55.7 Å². The van der Waals surface area contributed by atoms with E-state index in [0.717, 1.165) is 12.2 Å². The van der Waals surface area contributed by atoms with Crippen molar-refractivity contribution in [3.05, 3.63) is 29.8 Å². The van der Waals surface area contributed by atoms with Crippen LogP contribution in [0.15, 0.2) is 24.3 Å². The highest BCUT2D eigenvalue weighted by atomic mass is 16.5. The van der Waals surface area contributed by atoms with Gasteiger partial charge in [0.1, 0.15) is 5.75 Å². The number of hydrogen-bond donors (Lipinski definition) is 1. The van der Waals surface area contributed by atoms with Crippen molar-refractivity contribution < 1.29 is 4.74 Å². The second kappa shape index (κ2) is 4.69. The highest BCUT2D eigenvalue weighted by Gasteiger charge is 2.24. The average molecular weight is 231 g/mol. The minimum Gasteiger partial charge on any atom is -0.490 e. The molecule has 2 nitrogen and oxygen atoms in total. The quantitative estimate of drug-likeness (QED) is 0.867. The summed E-state index contributed by atoms with van der Waals surface area (Å²) in [5.41, 5.74) is 7.48. The third-order valence-corrected chi connectivity index (χ3v) is 3.89. The highest BCUT2D eigenvalue weighted by Crippen LogP contribution is 2.33. The molecule has 0 aliphatic heterocycles. The third-order valence-electron chi connectivity index (χ3n) is 3.89. The fourth-order valence-electron chi connectivity index (χ4n) is 2.73. The van der Waals surface area contributed by atoms with Crippen LogP contribution < -0.4 is 10.5 Å². The lowest BCUT2D eigenvalue weighted by atomic mass is 9.82. The Morgan fingerprint density at radius 3 is 2.41 bits per heavy atom. The fraction of sp³-hybridized carbons (Fsp3) is 0.600. The molecule has 0 radical (unpaired) electrons. The zero-order valence-electron chi connectivity index (χ0n) is 10.3. The molecule has 1 aromatic rings. The maximum absolute atomic E-state index is 6.04. The summed E-state index contributed by atoms with van der Waals surface area (Å²) >= 11 is 0. The van der Waals surface area contributed by atoms with Crippen molar-refractivity contribution in [3.8, 4) is 5.75 Å². The summed E-state index contributed by atoms with van der Waals surface area (Å²) in [7, 11) is 0. The first-order valence-electron chi connectivity index (χ1n) is 6.83. The Balaban J connectivity index is 1.65. The van der Waals surface area contributed by atoms with Crippen LogP contribution in [0, 0.1) is 0 Å². The van der Waals surface area contributed by atoms with Crippen LogP contribution in [0.25, 0.3) is 0 Å². The van der Waals surface area contributed by atoms with Gasteiger partial charge in [0.05, 0.1) is 6.10 Å². The van der Waals surface area contributed by atoms with Gasteiger partial charge in [0.25, 0.3) is 0 Å². The molecule has 2 N–H and O–H groups in total. The lowest BCUT2D eigenvalue weighted by Crippen LogP contribution is -2.26. The van der Waals surface area contributed by atoms with E-state index in [1.807, 2.05) is 0 Å². The van der Waals surface area contributed by atoms with Crippen molar-refractivity contribution in [3.63, 3.8) is 0 Å². The Morgan fingerprint density at radius 1 is 1.00 bits per heavy atom. The van der Waals surface area contributed by atoms with Gasteiger partial charge in [-0.25, -0.2) is 0 Å². The maximum atomic E-state index is 6.04. The van der Waals surface area contributed by atoms with Crippen molar-refractivity contribution in [2.75, 3.05) is 0 Å². The van der Waals surface area contributed by atoms with E-state index in [0.29, 0.717) is 18.1 Å². The molecule has 0 amide bonds. The molecule has 0 aromatic heterocycles. The molecule has 0 bridgehead atoms. The molecule has 92 valence electrons. The van der Waals surface area contributed by atoms with E-state index in [1.54, 1.807) is 0 Å². The molecule has 2 aliphatic rings. The lowest BCUT2D eigenvalue weighted by Gasteiger charge is -2.27. The van der Waals surface area contributed by atoms with E-state index < -0.39 is 0 Å². The Morgan fingerprint density at radius 2 is 1.76 bits per heavy atom. The van der Waals surface area contributed by atoms with Gasteiger partial charge in [-0.1, -0.05) is 18.6 Å². The van der Waals surface area contributed by atoms with E-state index >= 15 is 0 Å². The van der Waals surface area contributed by atoms with Gasteiger partial charge in [0.15, 0.2) is 0 Å². The first-order valence-corrected chi connectivity index (χ1v) is 6.83. The van der Waals surface area contributed by atoms with Crippen molar-refractivity contribution in [2.24, 2.45) is 5.73 Å². The number of nitrogens with two attached hydrogens (primary N) is 1. The van der Waals surface area contributed by atoms with Crippen LogP contribution >= 0.6 is 0 Å². The van der Waals surface area contributed by atoms with Crippen molar-refractivity contribution in [1.82, 2.24) is 0 Å². The molecule has 2 saturated carbocycles. The summed E-state index contributed by atoms with van der Waals surface area (Å²) in [4.78, 5) is 0. The standard InChI is InChI=1S/C15H21NO/c16-13-3-1-2-12(10-13)11-4-6-14(7-5-11)17-15-8-9-15/h4-7,12-13,15H,1-3,8-10,16H2. The Bertz CT molecular complexity index is 369. The zero-order valence-corrected chi connectivity index (χ0v) is 10.3. The van der Waals surface area contributed by atoms with E-state index in [4.69, 9.17) is 10.5 Å². The number of hydrogen-bond acceptors (Lipinski definition) is 2. The molecular formula is C15H21NO. The number of ether oxygens (including phenoxy) is 1. The monoisotopic (exact) mass is 231 g/mol. The number of benzene rings is 1. The van der Waals surface area contributed by atoms with Crippen LogP contribution in [-0.4, -0.2) is 12.1 Å². The van der Waals surface area contributed by atoms with E-state index in [1.165, 1.54) is 37.7 Å². The molecule has 2 unspecified atom stereocenters. The molecule has 2 aliphatic carbocycles. The molecule has 2 atom stereocenters. The van der Waals surface area contributed by atoms with Gasteiger partial charge < -0.3 is 10.5 Å². The van der Waals surface area contributed by atoms with Gasteiger partial charge in [-0.2, -0.15) is 0 Å². The summed E-state index contributed by atoms with van der Waals surface area (Å²) in [6, 6.07) is 9.08. The molecule has 2 fully saturated rings. The second-order valence-electron chi connectivity index (χ2n) is 5.51. The summed E-state index contributed by atoms with van der Waals surface area (Å²) in [5.74, 6) is 1.69. The van der Waals surface area contributed by atoms with Gasteiger partial charge in [0, 0.05) is 6.04 Å². The topological polar surface area (TPSA) is 35.2 Å². The molecule has 0 heterocycles. The molecule has 0 spiro atoms. The third kappa shape index (κ3) is 2.81. The minimum atomic E-state index is 0.399. The predicted octanol–water partition coefficient (Wildman–Crippen LogP) is 3.21. The molecule has 1 aromatic carbocycles. The highest BCUT2D eigenvalue weighted by molar-refractivity contribution is 5.30. The first-order chi connectivity index (χ1) is 8.31. The van der Waals surface area contributed by atoms with Crippen LogP contribution in [-0.2, 0) is 0 Å². The molecule has 0 saturated heterocycles.